The molecule has 1 aliphatic rings. The number of benzene rings is 1. The maximum Gasteiger partial charge on any atom is 0.131 e. The summed E-state index contributed by atoms with van der Waals surface area (Å²) in [5, 5.41) is 0. The molecule has 0 bridgehead atoms. The Morgan fingerprint density at radius 1 is 1.12 bits per heavy atom. The first-order chi connectivity index (χ1) is 8.34. The highest BCUT2D eigenvalue weighted by Crippen LogP contribution is 2.32. The van der Waals surface area contributed by atoms with Gasteiger partial charge in [0.15, 0.2) is 0 Å². The Morgan fingerprint density at radius 2 is 1.94 bits per heavy atom. The molecule has 0 N–H and O–H groups in total. The molecule has 2 nitrogen and oxygen atoms in total. The number of aryl methyl sites for hydroxylation is 1. The fourth-order valence-corrected chi connectivity index (χ4v) is 2.08. The maximum atomic E-state index is 5.93. The molecule has 0 unspecified atom stereocenters. The quantitative estimate of drug-likeness (QED) is 0.739. The fourth-order valence-electron chi connectivity index (χ4n) is 2.08. The van der Waals surface area contributed by atoms with E-state index in [0.29, 0.717) is 0 Å². The number of aromatic nitrogens is 1. The molecule has 1 aromatic carbocycles. The van der Waals surface area contributed by atoms with E-state index in [2.05, 4.69) is 24.1 Å². The molecule has 2 heteroatoms. The summed E-state index contributed by atoms with van der Waals surface area (Å²) in [4.78, 5) is 4.02. The summed E-state index contributed by atoms with van der Waals surface area (Å²) >= 11 is 0. The standard InChI is InChI=1S/C15H13NO/c1-11-3-2-4-15-13(11)5-6-14(17-15)12-7-9-16-10-8-12/h2-4,6-10H,5H2,1H3. The van der Waals surface area contributed by atoms with Gasteiger partial charge in [-0.05, 0) is 43.2 Å². The third kappa shape index (κ3) is 1.82. The number of hydrogen-bond donors (Lipinski definition) is 0. The zero-order valence-corrected chi connectivity index (χ0v) is 9.68. The lowest BCUT2D eigenvalue weighted by atomic mass is 10.0. The molecule has 0 aliphatic carbocycles. The van der Waals surface area contributed by atoms with Gasteiger partial charge >= 0.3 is 0 Å². The highest BCUT2D eigenvalue weighted by molar-refractivity contribution is 5.65. The van der Waals surface area contributed by atoms with E-state index in [1.807, 2.05) is 24.3 Å². The zero-order valence-electron chi connectivity index (χ0n) is 9.68. The van der Waals surface area contributed by atoms with Gasteiger partial charge in [0.2, 0.25) is 0 Å². The number of allylic oxidation sites excluding steroid dienone is 1. The Bertz CT molecular complexity index is 573. The summed E-state index contributed by atoms with van der Waals surface area (Å²) < 4.78 is 5.93. The van der Waals surface area contributed by atoms with Crippen molar-refractivity contribution in [1.29, 1.82) is 0 Å². The topological polar surface area (TPSA) is 22.1 Å². The third-order valence-electron chi connectivity index (χ3n) is 3.04. The van der Waals surface area contributed by atoms with Crippen LogP contribution in [0.1, 0.15) is 16.7 Å². The van der Waals surface area contributed by atoms with Crippen molar-refractivity contribution >= 4 is 5.76 Å². The average Bonchev–Trinajstić information content (AvgIpc) is 2.40. The number of fused-ring (bicyclic) bond motifs is 1. The first-order valence-corrected chi connectivity index (χ1v) is 5.71. The van der Waals surface area contributed by atoms with E-state index in [-0.39, 0.29) is 0 Å². The predicted octanol–water partition coefficient (Wildman–Crippen LogP) is 3.37. The Hall–Kier alpha value is -2.09. The van der Waals surface area contributed by atoms with Crippen LogP contribution in [-0.2, 0) is 6.42 Å². The molecule has 1 aromatic heterocycles. The second kappa shape index (κ2) is 4.06. The summed E-state index contributed by atoms with van der Waals surface area (Å²) in [7, 11) is 0. The lowest BCUT2D eigenvalue weighted by Crippen LogP contribution is -2.05. The Balaban J connectivity index is 1.98. The minimum Gasteiger partial charge on any atom is -0.457 e. The van der Waals surface area contributed by atoms with Gasteiger partial charge in [0.05, 0.1) is 0 Å². The molecule has 0 radical (unpaired) electrons. The van der Waals surface area contributed by atoms with Crippen LogP contribution in [0.5, 0.6) is 5.75 Å². The van der Waals surface area contributed by atoms with Gasteiger partial charge in [0, 0.05) is 23.5 Å². The lowest BCUT2D eigenvalue weighted by molar-refractivity contribution is 0.497. The molecule has 3 rings (SSSR count). The van der Waals surface area contributed by atoms with Crippen molar-refractivity contribution in [3.05, 3.63) is 65.5 Å². The number of ether oxygens (including phenoxy) is 1. The van der Waals surface area contributed by atoms with Crippen LogP contribution in [0.15, 0.2) is 48.8 Å². The van der Waals surface area contributed by atoms with E-state index >= 15 is 0 Å². The average molecular weight is 223 g/mol. The highest BCUT2D eigenvalue weighted by atomic mass is 16.5. The van der Waals surface area contributed by atoms with Gasteiger partial charge in [-0.1, -0.05) is 12.1 Å². The molecule has 0 fully saturated rings. The minimum atomic E-state index is 0.922. The minimum absolute atomic E-state index is 0.922. The summed E-state index contributed by atoms with van der Waals surface area (Å²) in [5.74, 6) is 1.89. The van der Waals surface area contributed by atoms with Crippen molar-refractivity contribution in [3.63, 3.8) is 0 Å². The zero-order chi connectivity index (χ0) is 11.7. The van der Waals surface area contributed by atoms with E-state index < -0.39 is 0 Å². The van der Waals surface area contributed by atoms with E-state index in [9.17, 15) is 0 Å². The Morgan fingerprint density at radius 3 is 2.76 bits per heavy atom. The second-order valence-corrected chi connectivity index (χ2v) is 4.16. The van der Waals surface area contributed by atoms with Crippen LogP contribution in [0.4, 0.5) is 0 Å². The molecular formula is C15H13NO. The normalized spacial score (nSPS) is 13.6. The van der Waals surface area contributed by atoms with Crippen molar-refractivity contribution in [2.24, 2.45) is 0 Å². The number of hydrogen-bond acceptors (Lipinski definition) is 2. The van der Waals surface area contributed by atoms with E-state index in [1.54, 1.807) is 12.4 Å². The van der Waals surface area contributed by atoms with Crippen LogP contribution < -0.4 is 4.74 Å². The molecule has 0 saturated carbocycles. The monoisotopic (exact) mass is 223 g/mol. The predicted molar refractivity (Wildman–Crippen MR) is 67.7 cm³/mol. The molecule has 2 aromatic rings. The van der Waals surface area contributed by atoms with Gasteiger partial charge in [0.1, 0.15) is 11.5 Å². The van der Waals surface area contributed by atoms with Crippen LogP contribution in [0.3, 0.4) is 0 Å². The largest absolute Gasteiger partial charge is 0.457 e. The van der Waals surface area contributed by atoms with Crippen LogP contribution in [0, 0.1) is 6.92 Å². The molecular weight excluding hydrogens is 210 g/mol. The van der Waals surface area contributed by atoms with Gasteiger partial charge in [0.25, 0.3) is 0 Å². The van der Waals surface area contributed by atoms with Crippen LogP contribution in [-0.4, -0.2) is 4.98 Å². The molecule has 2 heterocycles. The van der Waals surface area contributed by atoms with Gasteiger partial charge in [-0.25, -0.2) is 0 Å². The summed E-state index contributed by atoms with van der Waals surface area (Å²) in [6.45, 7) is 2.12. The van der Waals surface area contributed by atoms with Gasteiger partial charge in [-0.2, -0.15) is 0 Å². The SMILES string of the molecule is Cc1cccc2c1CC=C(c1ccncc1)O2. The highest BCUT2D eigenvalue weighted by Gasteiger charge is 2.14. The second-order valence-electron chi connectivity index (χ2n) is 4.16. The van der Waals surface area contributed by atoms with Crippen LogP contribution in [0.2, 0.25) is 0 Å². The molecule has 17 heavy (non-hydrogen) atoms. The molecule has 84 valence electrons. The van der Waals surface area contributed by atoms with E-state index in [0.717, 1.165) is 23.5 Å². The molecule has 1 aliphatic heterocycles. The van der Waals surface area contributed by atoms with Gasteiger partial charge in [-0.3, -0.25) is 4.98 Å². The molecule has 0 spiro atoms. The van der Waals surface area contributed by atoms with Crippen molar-refractivity contribution in [2.75, 3.05) is 0 Å². The Labute approximate surface area is 101 Å². The van der Waals surface area contributed by atoms with E-state index in [1.165, 1.54) is 11.1 Å². The third-order valence-corrected chi connectivity index (χ3v) is 3.04. The first-order valence-electron chi connectivity index (χ1n) is 5.71. The van der Waals surface area contributed by atoms with Crippen molar-refractivity contribution < 1.29 is 4.74 Å². The lowest BCUT2D eigenvalue weighted by Gasteiger charge is -2.19. The van der Waals surface area contributed by atoms with E-state index in [4.69, 9.17) is 4.74 Å². The number of pyridine rings is 1. The van der Waals surface area contributed by atoms with Crippen molar-refractivity contribution in [3.8, 4) is 5.75 Å². The molecule has 0 saturated heterocycles. The smallest absolute Gasteiger partial charge is 0.131 e. The van der Waals surface area contributed by atoms with Gasteiger partial charge < -0.3 is 4.74 Å². The van der Waals surface area contributed by atoms with Gasteiger partial charge in [-0.15, -0.1) is 0 Å². The summed E-state index contributed by atoms with van der Waals surface area (Å²) in [6.07, 6.45) is 6.63. The van der Waals surface area contributed by atoms with Crippen molar-refractivity contribution in [1.82, 2.24) is 4.98 Å². The number of rotatable bonds is 1. The Kier molecular flexibility index (Phi) is 2.41. The van der Waals surface area contributed by atoms with Crippen LogP contribution >= 0.6 is 0 Å². The molecule has 0 amide bonds. The summed E-state index contributed by atoms with van der Waals surface area (Å²) in [6, 6.07) is 10.1. The van der Waals surface area contributed by atoms with Crippen LogP contribution in [0.25, 0.3) is 5.76 Å². The summed E-state index contributed by atoms with van der Waals surface area (Å²) in [5.41, 5.74) is 3.64. The first kappa shape index (κ1) is 10.1. The number of nitrogens with zero attached hydrogens (tertiary/aromatic N) is 1. The maximum absolute atomic E-state index is 5.93. The molecule has 0 atom stereocenters. The van der Waals surface area contributed by atoms with Crippen molar-refractivity contribution in [2.45, 2.75) is 13.3 Å². The fraction of sp³-hybridized carbons (Fsp3) is 0.133.